The standard InChI is InChI=1S/C13H26N2O.ClH/c1-9-6-10(2)8-15(7-9)12(16)11(14)13(3,4)5;/h9-11H,6-8,14H2,1-5H3;1H/t9?,10?,11-;/m1./s1. The average molecular weight is 263 g/mol. The van der Waals surface area contributed by atoms with E-state index in [1.165, 1.54) is 6.42 Å². The Morgan fingerprint density at radius 1 is 1.24 bits per heavy atom. The van der Waals surface area contributed by atoms with Gasteiger partial charge in [-0.15, -0.1) is 12.4 Å². The lowest BCUT2D eigenvalue weighted by Gasteiger charge is -2.38. The van der Waals surface area contributed by atoms with Gasteiger partial charge in [0.05, 0.1) is 6.04 Å². The van der Waals surface area contributed by atoms with Gasteiger partial charge >= 0.3 is 0 Å². The molecule has 1 aliphatic heterocycles. The molecule has 3 nitrogen and oxygen atoms in total. The Morgan fingerprint density at radius 2 is 1.65 bits per heavy atom. The van der Waals surface area contributed by atoms with E-state index in [-0.39, 0.29) is 29.8 Å². The first-order valence-electron chi connectivity index (χ1n) is 6.26. The zero-order chi connectivity index (χ0) is 12.5. The predicted octanol–water partition coefficient (Wildman–Crippen LogP) is 2.29. The second-order valence-corrected chi connectivity index (χ2v) is 6.53. The van der Waals surface area contributed by atoms with Gasteiger partial charge < -0.3 is 10.6 Å². The summed E-state index contributed by atoms with van der Waals surface area (Å²) in [5, 5.41) is 0. The fourth-order valence-electron chi connectivity index (χ4n) is 2.41. The maximum Gasteiger partial charge on any atom is 0.240 e. The molecule has 1 saturated heterocycles. The fourth-order valence-corrected chi connectivity index (χ4v) is 2.41. The Bertz CT molecular complexity index is 253. The van der Waals surface area contributed by atoms with Crippen molar-refractivity contribution in [3.8, 4) is 0 Å². The van der Waals surface area contributed by atoms with E-state index in [9.17, 15) is 4.79 Å². The number of nitrogens with zero attached hydrogens (tertiary/aromatic N) is 1. The maximum atomic E-state index is 12.2. The van der Waals surface area contributed by atoms with Crippen LogP contribution in [0.3, 0.4) is 0 Å². The molecule has 0 aromatic heterocycles. The molecule has 102 valence electrons. The first-order valence-corrected chi connectivity index (χ1v) is 6.26. The van der Waals surface area contributed by atoms with E-state index < -0.39 is 0 Å². The van der Waals surface area contributed by atoms with Crippen LogP contribution in [0.25, 0.3) is 0 Å². The van der Waals surface area contributed by atoms with Crippen molar-refractivity contribution in [3.05, 3.63) is 0 Å². The van der Waals surface area contributed by atoms with Crippen LogP contribution in [-0.4, -0.2) is 29.9 Å². The predicted molar refractivity (Wildman–Crippen MR) is 74.2 cm³/mol. The molecule has 4 heteroatoms. The molecule has 0 aliphatic carbocycles. The van der Waals surface area contributed by atoms with Gasteiger partial charge in [0.2, 0.25) is 5.91 Å². The van der Waals surface area contributed by atoms with Crippen molar-refractivity contribution in [1.82, 2.24) is 4.90 Å². The first kappa shape index (κ1) is 16.7. The third-order valence-electron chi connectivity index (χ3n) is 3.38. The highest BCUT2D eigenvalue weighted by Gasteiger charge is 2.33. The molecule has 0 radical (unpaired) electrons. The van der Waals surface area contributed by atoms with E-state index in [4.69, 9.17) is 5.73 Å². The first-order chi connectivity index (χ1) is 7.21. The highest BCUT2D eigenvalue weighted by molar-refractivity contribution is 5.85. The van der Waals surface area contributed by atoms with E-state index in [1.807, 2.05) is 25.7 Å². The Morgan fingerprint density at radius 3 is 2.00 bits per heavy atom. The average Bonchev–Trinajstić information content (AvgIpc) is 2.12. The summed E-state index contributed by atoms with van der Waals surface area (Å²) in [6.45, 7) is 12.2. The monoisotopic (exact) mass is 262 g/mol. The minimum atomic E-state index is -0.384. The van der Waals surface area contributed by atoms with Crippen LogP contribution in [-0.2, 0) is 4.79 Å². The van der Waals surface area contributed by atoms with E-state index >= 15 is 0 Å². The van der Waals surface area contributed by atoms with E-state index in [1.54, 1.807) is 0 Å². The van der Waals surface area contributed by atoms with Gasteiger partial charge in [0.15, 0.2) is 0 Å². The van der Waals surface area contributed by atoms with Gasteiger partial charge in [-0.2, -0.15) is 0 Å². The lowest BCUT2D eigenvalue weighted by Crippen LogP contribution is -2.53. The molecule has 1 fully saturated rings. The van der Waals surface area contributed by atoms with Crippen LogP contribution in [0.1, 0.15) is 41.0 Å². The van der Waals surface area contributed by atoms with Crippen LogP contribution in [0.2, 0.25) is 0 Å². The van der Waals surface area contributed by atoms with Crippen molar-refractivity contribution in [2.45, 2.75) is 47.1 Å². The summed E-state index contributed by atoms with van der Waals surface area (Å²) in [4.78, 5) is 14.2. The van der Waals surface area contributed by atoms with Crippen molar-refractivity contribution < 1.29 is 4.79 Å². The number of carbonyl (C=O) groups is 1. The van der Waals surface area contributed by atoms with Crippen molar-refractivity contribution in [2.75, 3.05) is 13.1 Å². The smallest absolute Gasteiger partial charge is 0.240 e. The molecule has 0 aromatic rings. The molecule has 17 heavy (non-hydrogen) atoms. The second-order valence-electron chi connectivity index (χ2n) is 6.53. The number of halogens is 1. The van der Waals surface area contributed by atoms with Crippen LogP contribution in [0.15, 0.2) is 0 Å². The summed E-state index contributed by atoms with van der Waals surface area (Å²) in [5.74, 6) is 1.31. The fraction of sp³-hybridized carbons (Fsp3) is 0.923. The topological polar surface area (TPSA) is 46.3 Å². The molecule has 2 unspecified atom stereocenters. The summed E-state index contributed by atoms with van der Waals surface area (Å²) in [6.07, 6.45) is 1.22. The molecule has 2 N–H and O–H groups in total. The summed E-state index contributed by atoms with van der Waals surface area (Å²) >= 11 is 0. The van der Waals surface area contributed by atoms with Gasteiger partial charge in [0.25, 0.3) is 0 Å². The normalized spacial score (nSPS) is 27.3. The lowest BCUT2D eigenvalue weighted by atomic mass is 9.85. The van der Waals surface area contributed by atoms with Crippen molar-refractivity contribution in [2.24, 2.45) is 23.0 Å². The molecule has 1 aliphatic rings. The van der Waals surface area contributed by atoms with Gasteiger partial charge in [-0.25, -0.2) is 0 Å². The van der Waals surface area contributed by atoms with Crippen molar-refractivity contribution >= 4 is 18.3 Å². The van der Waals surface area contributed by atoms with Gasteiger partial charge in [-0.05, 0) is 23.7 Å². The van der Waals surface area contributed by atoms with Crippen LogP contribution < -0.4 is 5.73 Å². The number of hydrogen-bond donors (Lipinski definition) is 1. The van der Waals surface area contributed by atoms with Crippen LogP contribution in [0.4, 0.5) is 0 Å². The number of piperidine rings is 1. The summed E-state index contributed by atoms with van der Waals surface area (Å²) in [7, 11) is 0. The molecule has 3 atom stereocenters. The van der Waals surface area contributed by atoms with Crippen molar-refractivity contribution in [1.29, 1.82) is 0 Å². The second kappa shape index (κ2) is 6.05. The maximum absolute atomic E-state index is 12.2. The van der Waals surface area contributed by atoms with E-state index in [2.05, 4.69) is 13.8 Å². The third-order valence-corrected chi connectivity index (χ3v) is 3.38. The van der Waals surface area contributed by atoms with Crippen LogP contribution in [0.5, 0.6) is 0 Å². The molecule has 0 bridgehead atoms. The number of likely N-dealkylation sites (tertiary alicyclic amines) is 1. The molecule has 1 heterocycles. The highest BCUT2D eigenvalue weighted by Crippen LogP contribution is 2.24. The van der Waals surface area contributed by atoms with Gasteiger partial charge in [0.1, 0.15) is 0 Å². The number of amides is 1. The summed E-state index contributed by atoms with van der Waals surface area (Å²) in [5.41, 5.74) is 5.87. The third kappa shape index (κ3) is 4.47. The van der Waals surface area contributed by atoms with Gasteiger partial charge in [-0.1, -0.05) is 34.6 Å². The molecule has 1 amide bonds. The SMILES string of the molecule is CC1CC(C)CN(C(=O)[C@@H](N)C(C)(C)C)C1.Cl. The molecule has 1 rings (SSSR count). The Kier molecular flexibility index (Phi) is 5.95. The summed E-state index contributed by atoms with van der Waals surface area (Å²) < 4.78 is 0. The Labute approximate surface area is 112 Å². The van der Waals surface area contributed by atoms with Crippen molar-refractivity contribution in [3.63, 3.8) is 0 Å². The summed E-state index contributed by atoms with van der Waals surface area (Å²) in [6, 6.07) is -0.384. The quantitative estimate of drug-likeness (QED) is 0.788. The number of rotatable bonds is 1. The number of nitrogens with two attached hydrogens (primary N) is 1. The largest absolute Gasteiger partial charge is 0.341 e. The van der Waals surface area contributed by atoms with E-state index in [0.717, 1.165) is 13.1 Å². The van der Waals surface area contributed by atoms with Gasteiger partial charge in [0, 0.05) is 13.1 Å². The molecule has 0 spiro atoms. The van der Waals surface area contributed by atoms with Crippen LogP contribution >= 0.6 is 12.4 Å². The van der Waals surface area contributed by atoms with Crippen LogP contribution in [0, 0.1) is 17.3 Å². The minimum absolute atomic E-state index is 0. The lowest BCUT2D eigenvalue weighted by molar-refractivity contribution is -0.137. The molecular formula is C13H27ClN2O. The Balaban J connectivity index is 0.00000256. The van der Waals surface area contributed by atoms with Gasteiger partial charge in [-0.3, -0.25) is 4.79 Å². The zero-order valence-electron chi connectivity index (χ0n) is 11.7. The molecule has 0 saturated carbocycles. The Hall–Kier alpha value is -0.280. The molecule has 0 aromatic carbocycles. The number of carbonyl (C=O) groups excluding carboxylic acids is 1. The van der Waals surface area contributed by atoms with E-state index in [0.29, 0.717) is 11.8 Å². The minimum Gasteiger partial charge on any atom is -0.341 e. The highest BCUT2D eigenvalue weighted by atomic mass is 35.5. The zero-order valence-corrected chi connectivity index (χ0v) is 12.5. The molecular weight excluding hydrogens is 236 g/mol. The number of hydrogen-bond acceptors (Lipinski definition) is 2.